The predicted molar refractivity (Wildman–Crippen MR) is 124 cm³/mol. The molecule has 0 unspecified atom stereocenters. The Labute approximate surface area is 191 Å². The number of hydrogen-bond donors (Lipinski definition) is 2. The van der Waals surface area contributed by atoms with Crippen molar-refractivity contribution in [1.29, 1.82) is 0 Å². The van der Waals surface area contributed by atoms with E-state index in [2.05, 4.69) is 20.8 Å². The number of aryl methyl sites for hydroxylation is 2. The monoisotopic (exact) mass is 450 g/mol. The van der Waals surface area contributed by atoms with Crippen LogP contribution in [0, 0.1) is 13.8 Å². The summed E-state index contributed by atoms with van der Waals surface area (Å²) in [6.45, 7) is 3.77. The number of nitrogens with one attached hydrogen (secondary N) is 2. The first-order valence-corrected chi connectivity index (χ1v) is 11.7. The first-order chi connectivity index (χ1) is 15.5. The van der Waals surface area contributed by atoms with Gasteiger partial charge in [-0.2, -0.15) is 0 Å². The Bertz CT molecular complexity index is 1100. The molecule has 1 fully saturated rings. The van der Waals surface area contributed by atoms with Crippen LogP contribution in [-0.2, 0) is 5.75 Å². The molecule has 1 saturated carbocycles. The number of para-hydroxylation sites is 1. The highest BCUT2D eigenvalue weighted by molar-refractivity contribution is 7.98. The number of amides is 2. The Morgan fingerprint density at radius 2 is 1.81 bits per heavy atom. The van der Waals surface area contributed by atoms with Gasteiger partial charge in [0.15, 0.2) is 0 Å². The molecule has 0 radical (unpaired) electrons. The van der Waals surface area contributed by atoms with E-state index >= 15 is 0 Å². The van der Waals surface area contributed by atoms with Crippen molar-refractivity contribution in [1.82, 2.24) is 15.5 Å². The molecule has 0 bridgehead atoms. The molecule has 0 spiro atoms. The summed E-state index contributed by atoms with van der Waals surface area (Å²) in [5.41, 5.74) is 3.23. The number of rotatable bonds is 7. The molecular formula is C24H26N4O3S. The molecule has 2 amide bonds. The fourth-order valence-electron chi connectivity index (χ4n) is 3.84. The van der Waals surface area contributed by atoms with Gasteiger partial charge in [-0.05, 0) is 51.0 Å². The maximum Gasteiger partial charge on any atom is 0.258 e. The van der Waals surface area contributed by atoms with Gasteiger partial charge in [-0.3, -0.25) is 9.59 Å². The van der Waals surface area contributed by atoms with Gasteiger partial charge in [0.25, 0.3) is 11.8 Å². The Morgan fingerprint density at radius 1 is 1.06 bits per heavy atom. The molecular weight excluding hydrogens is 424 g/mol. The second-order valence-corrected chi connectivity index (χ2v) is 8.87. The molecule has 2 heterocycles. The lowest BCUT2D eigenvalue weighted by molar-refractivity contribution is 0.0938. The van der Waals surface area contributed by atoms with Crippen molar-refractivity contribution in [2.75, 3.05) is 5.32 Å². The molecule has 32 heavy (non-hydrogen) atoms. The fourth-order valence-corrected chi connectivity index (χ4v) is 4.99. The fraction of sp³-hybridized carbons (Fsp3) is 0.333. The molecule has 1 aliphatic carbocycles. The van der Waals surface area contributed by atoms with Crippen molar-refractivity contribution in [3.63, 3.8) is 0 Å². The highest BCUT2D eigenvalue weighted by Crippen LogP contribution is 2.28. The quantitative estimate of drug-likeness (QED) is 0.497. The van der Waals surface area contributed by atoms with E-state index in [0.717, 1.165) is 42.7 Å². The van der Waals surface area contributed by atoms with Crippen molar-refractivity contribution in [3.05, 3.63) is 70.7 Å². The predicted octanol–water partition coefficient (Wildman–Crippen LogP) is 4.90. The zero-order valence-electron chi connectivity index (χ0n) is 18.2. The summed E-state index contributed by atoms with van der Waals surface area (Å²) in [7, 11) is 0. The van der Waals surface area contributed by atoms with Crippen molar-refractivity contribution < 1.29 is 14.1 Å². The van der Waals surface area contributed by atoms with Gasteiger partial charge in [-0.15, -0.1) is 11.8 Å². The number of nitrogens with zero attached hydrogens (tertiary/aromatic N) is 2. The molecule has 3 aromatic rings. The van der Waals surface area contributed by atoms with E-state index in [1.165, 1.54) is 11.8 Å². The summed E-state index contributed by atoms with van der Waals surface area (Å²) >= 11 is 1.45. The smallest absolute Gasteiger partial charge is 0.258 e. The van der Waals surface area contributed by atoms with Crippen molar-refractivity contribution in [2.45, 2.75) is 56.4 Å². The molecule has 0 saturated heterocycles. The number of anilines is 1. The average Bonchev–Trinajstić information content (AvgIpc) is 3.42. The third-order valence-corrected chi connectivity index (χ3v) is 6.69. The van der Waals surface area contributed by atoms with E-state index < -0.39 is 0 Å². The number of benzene rings is 1. The zero-order chi connectivity index (χ0) is 22.5. The van der Waals surface area contributed by atoms with Crippen LogP contribution >= 0.6 is 11.8 Å². The Hall–Kier alpha value is -3.13. The number of hydrogen-bond acceptors (Lipinski definition) is 6. The second-order valence-electron chi connectivity index (χ2n) is 7.90. The van der Waals surface area contributed by atoms with Crippen LogP contribution in [0.2, 0.25) is 0 Å². The van der Waals surface area contributed by atoms with Gasteiger partial charge >= 0.3 is 0 Å². The van der Waals surface area contributed by atoms with Crippen molar-refractivity contribution in [3.8, 4) is 0 Å². The van der Waals surface area contributed by atoms with Gasteiger partial charge in [0, 0.05) is 23.6 Å². The van der Waals surface area contributed by atoms with E-state index in [4.69, 9.17) is 4.52 Å². The number of carbonyl (C=O) groups is 2. The third-order valence-electron chi connectivity index (χ3n) is 5.66. The molecule has 0 atom stereocenters. The third kappa shape index (κ3) is 5.02. The van der Waals surface area contributed by atoms with Gasteiger partial charge in [0.2, 0.25) is 0 Å². The molecule has 4 rings (SSSR count). The van der Waals surface area contributed by atoms with Crippen LogP contribution in [-0.4, -0.2) is 28.0 Å². The first-order valence-electron chi connectivity index (χ1n) is 10.7. The summed E-state index contributed by atoms with van der Waals surface area (Å²) in [6, 6.07) is 10.8. The average molecular weight is 451 g/mol. The first kappa shape index (κ1) is 22.1. The molecule has 2 aromatic heterocycles. The van der Waals surface area contributed by atoms with Gasteiger partial charge in [0.05, 0.1) is 22.5 Å². The minimum atomic E-state index is -0.305. The largest absolute Gasteiger partial charge is 0.361 e. The number of aromatic nitrogens is 2. The van der Waals surface area contributed by atoms with Crippen LogP contribution in [0.5, 0.6) is 0 Å². The molecule has 7 nitrogen and oxygen atoms in total. The van der Waals surface area contributed by atoms with Crippen LogP contribution in [0.15, 0.2) is 52.1 Å². The standard InChI is InChI=1S/C24H26N4O3S/c1-15-20(16(2)31-28-15)14-32-24-19(11-7-13-25-24)23(30)27-21-12-6-5-10-18(21)22(29)26-17-8-3-4-9-17/h5-7,10-13,17H,3-4,8-9,14H2,1-2H3,(H,26,29)(H,27,30). The van der Waals surface area contributed by atoms with Crippen LogP contribution in [0.1, 0.15) is 63.4 Å². The maximum atomic E-state index is 13.1. The number of pyridine rings is 1. The van der Waals surface area contributed by atoms with Crippen LogP contribution in [0.3, 0.4) is 0 Å². The second kappa shape index (κ2) is 9.99. The molecule has 166 valence electrons. The highest BCUT2D eigenvalue weighted by Gasteiger charge is 2.21. The lowest BCUT2D eigenvalue weighted by Gasteiger charge is -2.15. The van der Waals surface area contributed by atoms with Crippen molar-refractivity contribution >= 4 is 29.3 Å². The Morgan fingerprint density at radius 3 is 2.56 bits per heavy atom. The van der Waals surface area contributed by atoms with Gasteiger partial charge < -0.3 is 15.2 Å². The maximum absolute atomic E-state index is 13.1. The SMILES string of the molecule is Cc1noc(C)c1CSc1ncccc1C(=O)Nc1ccccc1C(=O)NC1CCCC1. The van der Waals surface area contributed by atoms with E-state index in [1.54, 1.807) is 42.6 Å². The van der Waals surface area contributed by atoms with E-state index in [1.807, 2.05) is 13.8 Å². The topological polar surface area (TPSA) is 97.1 Å². The minimum absolute atomic E-state index is 0.160. The summed E-state index contributed by atoms with van der Waals surface area (Å²) in [6.07, 6.45) is 5.94. The molecule has 0 aliphatic heterocycles. The Kier molecular flexibility index (Phi) is 6.90. The van der Waals surface area contributed by atoms with Crippen LogP contribution < -0.4 is 10.6 Å². The summed E-state index contributed by atoms with van der Waals surface area (Å²) < 4.78 is 5.22. The molecule has 2 N–H and O–H groups in total. The Balaban J connectivity index is 1.49. The normalized spacial score (nSPS) is 13.8. The highest BCUT2D eigenvalue weighted by atomic mass is 32.2. The molecule has 8 heteroatoms. The summed E-state index contributed by atoms with van der Waals surface area (Å²) in [4.78, 5) is 30.3. The van der Waals surface area contributed by atoms with Crippen molar-refractivity contribution in [2.24, 2.45) is 0 Å². The van der Waals surface area contributed by atoms with E-state index in [0.29, 0.717) is 27.6 Å². The van der Waals surface area contributed by atoms with E-state index in [9.17, 15) is 9.59 Å². The van der Waals surface area contributed by atoms with Crippen LogP contribution in [0.4, 0.5) is 5.69 Å². The van der Waals surface area contributed by atoms with Crippen LogP contribution in [0.25, 0.3) is 0 Å². The van der Waals surface area contributed by atoms with Gasteiger partial charge in [0.1, 0.15) is 10.8 Å². The summed E-state index contributed by atoms with van der Waals surface area (Å²) in [5, 5.41) is 10.6. The van der Waals surface area contributed by atoms with Gasteiger partial charge in [-0.1, -0.05) is 30.1 Å². The number of thioether (sulfide) groups is 1. The molecule has 1 aromatic carbocycles. The zero-order valence-corrected chi connectivity index (χ0v) is 19.0. The lowest BCUT2D eigenvalue weighted by atomic mass is 10.1. The molecule has 1 aliphatic rings. The lowest BCUT2D eigenvalue weighted by Crippen LogP contribution is -2.33. The number of carbonyl (C=O) groups excluding carboxylic acids is 2. The van der Waals surface area contributed by atoms with E-state index in [-0.39, 0.29) is 17.9 Å². The van der Waals surface area contributed by atoms with Gasteiger partial charge in [-0.25, -0.2) is 4.98 Å². The minimum Gasteiger partial charge on any atom is -0.361 e. The summed E-state index contributed by atoms with van der Waals surface area (Å²) in [5.74, 6) is 0.894.